The fraction of sp³-hybridized carbons (Fsp3) is 0.0256. The van der Waals surface area contributed by atoms with Crippen LogP contribution in [-0.4, -0.2) is 0 Å². The molecule has 6 rings (SSSR count). The molecule has 6 aromatic rings. The molecule has 2 nitrogen and oxygen atoms in total. The minimum absolute atomic E-state index is 0.0417. The van der Waals surface area contributed by atoms with Crippen molar-refractivity contribution < 1.29 is 18.1 Å². The molecular formula is C39H35Br2NOOsP2+2. The molecule has 0 saturated carbocycles. The van der Waals surface area contributed by atoms with E-state index in [1.165, 1.54) is 38.8 Å². The molecule has 0 aliphatic rings. The Morgan fingerprint density at radius 2 is 0.543 bits per heavy atom. The third-order valence-electron chi connectivity index (χ3n) is 6.37. The first-order chi connectivity index (χ1) is 22.7. The summed E-state index contributed by atoms with van der Waals surface area (Å²) in [4.78, 5) is 0. The van der Waals surface area contributed by atoms with Crippen LogP contribution in [0.3, 0.4) is 0 Å². The van der Waals surface area contributed by atoms with E-state index >= 15 is 0 Å². The van der Waals surface area contributed by atoms with Gasteiger partial charge < -0.3 is 0 Å². The molecule has 0 unspecified atom stereocenters. The smallest absolute Gasteiger partial charge is 0.0620 e. The Hall–Kier alpha value is -2.99. The van der Waals surface area contributed by atoms with E-state index in [4.69, 9.17) is 9.91 Å². The van der Waals surface area contributed by atoms with Gasteiger partial charge in [-0.1, -0.05) is 109 Å². The Balaban J connectivity index is 0.000000262. The van der Waals surface area contributed by atoms with Crippen LogP contribution in [0.2, 0.25) is 0 Å². The Bertz CT molecular complexity index is 1350. The second-order valence-corrected chi connectivity index (χ2v) is 25.3. The minimum Gasteiger partial charge on any atom is -0.0620 e. The Morgan fingerprint density at radius 3 is 0.652 bits per heavy atom. The molecule has 0 N–H and O–H groups in total. The molecule has 0 saturated heterocycles. The minimum atomic E-state index is -0.877. The summed E-state index contributed by atoms with van der Waals surface area (Å²) in [6.45, 7) is 5.93. The molecule has 0 radical (unpaired) electrons. The van der Waals surface area contributed by atoms with Gasteiger partial charge in [0.05, 0.1) is 21.9 Å². The summed E-state index contributed by atoms with van der Waals surface area (Å²) < 4.78 is 7.50. The third-order valence-corrected chi connectivity index (χ3v) is 11.8. The summed E-state index contributed by atoms with van der Waals surface area (Å²) in [6, 6.07) is 66.7. The van der Waals surface area contributed by atoms with Crippen LogP contribution in [0.5, 0.6) is 0 Å². The van der Waals surface area contributed by atoms with Gasteiger partial charge in [-0.15, -0.1) is 0 Å². The molecule has 46 heavy (non-hydrogen) atoms. The van der Waals surface area contributed by atoms with Crippen LogP contribution in [0, 0.1) is 18.0 Å². The quantitative estimate of drug-likeness (QED) is 0.0939. The van der Waals surface area contributed by atoms with Gasteiger partial charge in [0.2, 0.25) is 0 Å². The van der Waals surface area contributed by atoms with E-state index in [2.05, 4.69) is 216 Å². The van der Waals surface area contributed by atoms with Crippen LogP contribution in [-0.2, 0) is 18.1 Å². The van der Waals surface area contributed by atoms with Crippen LogP contribution >= 0.6 is 43.0 Å². The number of nitrogens with zero attached hydrogens (tertiary/aromatic N) is 1. The number of hydrogen-bond acceptors (Lipinski definition) is 1. The summed E-state index contributed by atoms with van der Waals surface area (Å²) in [5.41, 5.74) is 0. The van der Waals surface area contributed by atoms with Crippen molar-refractivity contribution in [1.82, 2.24) is 0 Å². The normalized spacial score (nSPS) is 9.43. The van der Waals surface area contributed by atoms with Crippen molar-refractivity contribution in [2.75, 3.05) is 0 Å². The topological polar surface area (TPSA) is 43.7 Å². The van der Waals surface area contributed by atoms with Crippen LogP contribution < -0.4 is 31.8 Å². The molecule has 6 aromatic carbocycles. The van der Waals surface area contributed by atoms with Crippen molar-refractivity contribution >= 4 is 74.8 Å². The van der Waals surface area contributed by atoms with Gasteiger partial charge >= 0.3 is 51.9 Å². The van der Waals surface area contributed by atoms with E-state index in [9.17, 15) is 0 Å². The zero-order valence-corrected chi connectivity index (χ0v) is 33.0. The average molecular weight is 946 g/mol. The fourth-order valence-electron chi connectivity index (χ4n) is 4.63. The third kappa shape index (κ3) is 13.8. The zero-order chi connectivity index (χ0) is 33.2. The molecule has 0 aliphatic carbocycles. The van der Waals surface area contributed by atoms with Gasteiger partial charge in [-0.05, 0) is 72.8 Å². The second-order valence-electron chi connectivity index (χ2n) is 9.22. The first-order valence-electron chi connectivity index (χ1n) is 14.2. The first-order valence-corrected chi connectivity index (χ1v) is 28.3. The van der Waals surface area contributed by atoms with Crippen molar-refractivity contribution in [2.45, 2.75) is 6.92 Å². The standard InChI is InChI=1S/2C18H15P.C2H3N.CO.2BrH.Os/c2*1-4-10-16(11-5-1)19(17-12-6-2-7-13-17)18-14-8-3-9-15-18;1-2-3;1-2;;;/h2*1-15H;1H3;;2*1H;/q;;;;;;+2. The molecule has 7 heteroatoms. The maximum Gasteiger partial charge on any atom is 0.102 e. The summed E-state index contributed by atoms with van der Waals surface area (Å²) in [5.74, 6) is 0. The van der Waals surface area contributed by atoms with E-state index in [1.54, 1.807) is 6.07 Å². The molecule has 0 bridgehead atoms. The predicted molar refractivity (Wildman–Crippen MR) is 206 cm³/mol. The van der Waals surface area contributed by atoms with Crippen LogP contribution in [0.15, 0.2) is 182 Å². The molecule has 0 heterocycles. The van der Waals surface area contributed by atoms with Crippen molar-refractivity contribution in [3.8, 4) is 6.07 Å². The molecule has 0 fully saturated rings. The van der Waals surface area contributed by atoms with E-state index in [0.29, 0.717) is 0 Å². The maximum absolute atomic E-state index is 7.50. The number of nitriles is 1. The van der Waals surface area contributed by atoms with Crippen molar-refractivity contribution in [1.29, 1.82) is 5.26 Å². The molecule has 0 spiro atoms. The maximum atomic E-state index is 7.50. The van der Waals surface area contributed by atoms with Crippen molar-refractivity contribution in [2.24, 2.45) is 0 Å². The molecule has 0 aromatic heterocycles. The van der Waals surface area contributed by atoms with Gasteiger partial charge in [0.1, 0.15) is 31.8 Å². The molecule has 0 aliphatic heterocycles. The Morgan fingerprint density at radius 1 is 0.435 bits per heavy atom. The molecule has 0 amide bonds. The molecule has 232 valence electrons. The van der Waals surface area contributed by atoms with Crippen LogP contribution in [0.1, 0.15) is 6.92 Å². The Labute approximate surface area is 297 Å². The Kier molecular flexibility index (Phi) is 21.4. The van der Waals surface area contributed by atoms with Gasteiger partial charge in [0.25, 0.3) is 0 Å². The zero-order valence-electron chi connectivity index (χ0n) is 25.3. The number of hydrogen-bond donors (Lipinski definition) is 0. The largest absolute Gasteiger partial charge is 0.102 e. The van der Waals surface area contributed by atoms with E-state index in [0.717, 1.165) is 0 Å². The SMILES string of the molecule is CC#N.[Br][Os][Br].[C-]#[O+].c1ccc([PH+](c2ccccc2)c2ccccc2)cc1.c1ccc([PH+](c2ccccc2)c2ccccc2)cc1. The average Bonchev–Trinajstić information content (AvgIpc) is 3.13. The van der Waals surface area contributed by atoms with Crippen LogP contribution in [0.4, 0.5) is 0 Å². The van der Waals surface area contributed by atoms with Gasteiger partial charge in [0.15, 0.2) is 0 Å². The van der Waals surface area contributed by atoms with E-state index in [1.807, 2.05) is 0 Å². The summed E-state index contributed by atoms with van der Waals surface area (Å²) >= 11 is 6.44. The number of halogens is 2. The molecule has 0 atom stereocenters. The monoisotopic (exact) mass is 945 g/mol. The fourth-order valence-corrected chi connectivity index (χ4v) is 9.78. The van der Waals surface area contributed by atoms with E-state index in [-0.39, 0.29) is 13.5 Å². The second kappa shape index (κ2) is 25.1. The van der Waals surface area contributed by atoms with Crippen LogP contribution in [0.25, 0.3) is 0 Å². The van der Waals surface area contributed by atoms with Gasteiger partial charge in [-0.25, -0.2) is 0 Å². The predicted octanol–water partition coefficient (Wildman–Crippen LogP) is 8.54. The van der Waals surface area contributed by atoms with Gasteiger partial charge in [-0.3, -0.25) is 0 Å². The van der Waals surface area contributed by atoms with Gasteiger partial charge in [-0.2, -0.15) is 5.26 Å². The molecular weight excluding hydrogens is 910 g/mol. The van der Waals surface area contributed by atoms with Crippen molar-refractivity contribution in [3.63, 3.8) is 0 Å². The summed E-state index contributed by atoms with van der Waals surface area (Å²) in [6.07, 6.45) is 0. The van der Waals surface area contributed by atoms with Gasteiger partial charge in [0, 0.05) is 6.92 Å². The number of benzene rings is 6. The summed E-state index contributed by atoms with van der Waals surface area (Å²) in [7, 11) is -1.75. The number of rotatable bonds is 6. The van der Waals surface area contributed by atoms with Crippen molar-refractivity contribution in [3.05, 3.63) is 189 Å². The summed E-state index contributed by atoms with van der Waals surface area (Å²) in [5, 5.41) is 15.9. The van der Waals surface area contributed by atoms with E-state index < -0.39 is 15.8 Å². The first kappa shape index (κ1) is 39.2.